The lowest BCUT2D eigenvalue weighted by Gasteiger charge is -2.62. The molecule has 316 valence electrons. The molecule has 1 spiro atoms. The zero-order valence-electron chi connectivity index (χ0n) is 36.6. The number of ketones is 4. The molecule has 0 radical (unpaired) electrons. The van der Waals surface area contributed by atoms with Crippen LogP contribution < -0.4 is 0 Å². The van der Waals surface area contributed by atoms with Crippen molar-refractivity contribution in [3.8, 4) is 0 Å². The number of aliphatic hydroxyl groups is 1. The van der Waals surface area contributed by atoms with Gasteiger partial charge in [-0.15, -0.1) is 0 Å². The molecule has 10 rings (SSSR count). The second kappa shape index (κ2) is 12.4. The van der Waals surface area contributed by atoms with Gasteiger partial charge < -0.3 is 19.0 Å². The van der Waals surface area contributed by atoms with Gasteiger partial charge in [0.05, 0.1) is 29.5 Å². The van der Waals surface area contributed by atoms with Gasteiger partial charge in [0.25, 0.3) is 0 Å². The Balaban J connectivity index is 0.000000153. The normalized spacial score (nSPS) is 47.1. The number of rotatable bonds is 3. The molecule has 1 saturated heterocycles. The average molecular weight is 807 g/mol. The van der Waals surface area contributed by atoms with Gasteiger partial charge in [-0.25, -0.2) is 0 Å². The quantitative estimate of drug-likeness (QED) is 0.234. The Kier molecular flexibility index (Phi) is 8.51. The maximum Gasteiger partial charge on any atom is 0.303 e. The summed E-state index contributed by atoms with van der Waals surface area (Å²) >= 11 is 0. The summed E-state index contributed by atoms with van der Waals surface area (Å²) in [6.45, 7) is 19.7. The molecule has 0 amide bonds. The van der Waals surface area contributed by atoms with Crippen molar-refractivity contribution in [3.63, 3.8) is 0 Å². The highest BCUT2D eigenvalue weighted by Gasteiger charge is 2.87. The van der Waals surface area contributed by atoms with Gasteiger partial charge in [0, 0.05) is 29.6 Å². The van der Waals surface area contributed by atoms with Crippen LogP contribution in [-0.2, 0) is 33.4 Å². The summed E-state index contributed by atoms with van der Waals surface area (Å²) in [5.41, 5.74) is -0.246. The smallest absolute Gasteiger partial charge is 0.303 e. The molecule has 13 atom stereocenters. The van der Waals surface area contributed by atoms with Crippen molar-refractivity contribution in [1.82, 2.24) is 0 Å². The minimum absolute atomic E-state index is 0.00527. The molecule has 0 aromatic carbocycles. The number of esters is 1. The van der Waals surface area contributed by atoms with Crippen LogP contribution in [0.25, 0.3) is 0 Å². The molecule has 9 nitrogen and oxygen atoms in total. The van der Waals surface area contributed by atoms with Gasteiger partial charge in [0.15, 0.2) is 28.7 Å². The predicted molar refractivity (Wildman–Crippen MR) is 220 cm³/mol. The van der Waals surface area contributed by atoms with Gasteiger partial charge >= 0.3 is 5.97 Å². The van der Waals surface area contributed by atoms with E-state index < -0.39 is 27.4 Å². The summed E-state index contributed by atoms with van der Waals surface area (Å²) in [7, 11) is 0. The Morgan fingerprint density at radius 3 is 2.25 bits per heavy atom. The fraction of sp³-hybridized carbons (Fsp3) is 0.660. The SMILES string of the molecule is CC(=O)OC1(C(C)=O)CCC2C3C=C(C)C4=CC(=O)CCC4(C)C3CCC21C.CC1(C)C(=O)C=CC2(C)C1=C(O)C(=O)C1(C)C2CCC2(C)C(c3ccoc3)CC3OC321. The van der Waals surface area contributed by atoms with Crippen LogP contribution in [-0.4, -0.2) is 51.5 Å². The average Bonchev–Trinajstić information content (AvgIpc) is 3.39. The summed E-state index contributed by atoms with van der Waals surface area (Å²) in [6.07, 6.45) is 19.0. The van der Waals surface area contributed by atoms with Gasteiger partial charge in [0.2, 0.25) is 5.78 Å². The Bertz CT molecular complexity index is 2220. The summed E-state index contributed by atoms with van der Waals surface area (Å²) in [5.74, 6) is 0.717. The first-order chi connectivity index (χ1) is 27.5. The maximum absolute atomic E-state index is 14.0. The van der Waals surface area contributed by atoms with Crippen molar-refractivity contribution in [2.45, 2.75) is 150 Å². The van der Waals surface area contributed by atoms with Crippen LogP contribution >= 0.6 is 0 Å². The van der Waals surface area contributed by atoms with Gasteiger partial charge in [-0.2, -0.15) is 0 Å². The van der Waals surface area contributed by atoms with E-state index in [1.807, 2.05) is 45.3 Å². The highest BCUT2D eigenvalue weighted by Crippen LogP contribution is 2.81. The molecule has 13 unspecified atom stereocenters. The molecular weight excluding hydrogens is 745 g/mol. The van der Waals surface area contributed by atoms with Crippen LogP contribution in [0.2, 0.25) is 0 Å². The zero-order chi connectivity index (χ0) is 42.7. The zero-order valence-corrected chi connectivity index (χ0v) is 36.6. The van der Waals surface area contributed by atoms with Crippen molar-refractivity contribution in [2.75, 3.05) is 0 Å². The Morgan fingerprint density at radius 2 is 1.59 bits per heavy atom. The van der Waals surface area contributed by atoms with Crippen LogP contribution in [0.1, 0.15) is 139 Å². The molecule has 1 aliphatic heterocycles. The third kappa shape index (κ3) is 4.75. The number of carbonyl (C=O) groups is 5. The van der Waals surface area contributed by atoms with Crippen molar-refractivity contribution in [3.05, 3.63) is 70.9 Å². The van der Waals surface area contributed by atoms with Gasteiger partial charge in [-0.3, -0.25) is 24.0 Å². The molecule has 1 aromatic rings. The first kappa shape index (κ1) is 40.6. The Morgan fingerprint density at radius 1 is 0.898 bits per heavy atom. The maximum atomic E-state index is 14.0. The number of aliphatic hydroxyl groups excluding tert-OH is 1. The summed E-state index contributed by atoms with van der Waals surface area (Å²) in [6, 6.07) is 2.03. The molecule has 5 fully saturated rings. The van der Waals surface area contributed by atoms with Crippen LogP contribution in [0, 0.1) is 56.2 Å². The number of hydrogen-bond acceptors (Lipinski definition) is 9. The number of hydrogen-bond donors (Lipinski definition) is 1. The van der Waals surface area contributed by atoms with E-state index in [0.29, 0.717) is 36.2 Å². The first-order valence-electron chi connectivity index (χ1n) is 22.1. The van der Waals surface area contributed by atoms with Crippen molar-refractivity contribution in [1.29, 1.82) is 0 Å². The lowest BCUT2D eigenvalue weighted by molar-refractivity contribution is -0.185. The number of fused-ring (bicyclic) bond motifs is 8. The fourth-order valence-corrected chi connectivity index (χ4v) is 16.3. The molecule has 59 heavy (non-hydrogen) atoms. The molecule has 4 saturated carbocycles. The van der Waals surface area contributed by atoms with E-state index in [1.165, 1.54) is 23.6 Å². The van der Waals surface area contributed by atoms with E-state index in [0.717, 1.165) is 44.9 Å². The summed E-state index contributed by atoms with van der Waals surface area (Å²) in [5, 5.41) is 11.4. The molecule has 1 N–H and O–H groups in total. The van der Waals surface area contributed by atoms with Crippen molar-refractivity contribution >= 4 is 29.1 Å². The third-order valence-electron chi connectivity index (χ3n) is 19.0. The summed E-state index contributed by atoms with van der Waals surface area (Å²) < 4.78 is 17.7. The van der Waals surface area contributed by atoms with Crippen LogP contribution in [0.3, 0.4) is 0 Å². The standard InChI is InChI=1S/C26H30O5.C24H32O4/c1-22(2)17(27)7-9-23(3)16-6-10-24(4)15(14-8-11-30-13-14)12-18-26(24,31-18)25(16,5)21(29)19(28)20(22)23;1-14-12-18-19(22(4)9-6-17(27)13-21(14)22)7-10-23(5)20(18)8-11-24(23,15(2)25)28-16(3)26/h7-9,11,13,15-16,18,28H,6,10,12H2,1-5H3;12-13,18-20H,6-11H2,1-5H3. The molecule has 2 heterocycles. The van der Waals surface area contributed by atoms with Crippen LogP contribution in [0.15, 0.2) is 69.8 Å². The molecule has 9 aliphatic rings. The molecule has 8 aliphatic carbocycles. The highest BCUT2D eigenvalue weighted by atomic mass is 16.6. The van der Waals surface area contributed by atoms with E-state index in [-0.39, 0.29) is 69.0 Å². The highest BCUT2D eigenvalue weighted by molar-refractivity contribution is 6.06. The second-order valence-corrected chi connectivity index (χ2v) is 21.6. The molecule has 1 aromatic heterocycles. The van der Waals surface area contributed by atoms with Crippen LogP contribution in [0.5, 0.6) is 0 Å². The Hall–Kier alpha value is -3.85. The summed E-state index contributed by atoms with van der Waals surface area (Å²) in [4.78, 5) is 63.5. The lowest BCUT2D eigenvalue weighted by atomic mass is 9.39. The monoisotopic (exact) mass is 806 g/mol. The van der Waals surface area contributed by atoms with E-state index in [4.69, 9.17) is 13.9 Å². The van der Waals surface area contributed by atoms with E-state index in [2.05, 4.69) is 40.7 Å². The molecule has 0 bridgehead atoms. The Labute approximate surface area is 348 Å². The minimum atomic E-state index is -0.990. The van der Waals surface area contributed by atoms with Gasteiger partial charge in [0.1, 0.15) is 5.60 Å². The minimum Gasteiger partial charge on any atom is -0.504 e. The molecular formula is C50H62O9. The van der Waals surface area contributed by atoms with E-state index in [1.54, 1.807) is 19.3 Å². The topological polar surface area (TPSA) is 140 Å². The number of furan rings is 1. The third-order valence-corrected chi connectivity index (χ3v) is 19.0. The lowest BCUT2D eigenvalue weighted by Crippen LogP contribution is -2.66. The predicted octanol–water partition coefficient (Wildman–Crippen LogP) is 9.47. The number of allylic oxidation sites excluding steroid dienone is 8. The number of epoxide rings is 1. The van der Waals surface area contributed by atoms with Gasteiger partial charge in [-0.1, -0.05) is 45.4 Å². The van der Waals surface area contributed by atoms with E-state index >= 15 is 0 Å². The first-order valence-corrected chi connectivity index (χ1v) is 22.1. The van der Waals surface area contributed by atoms with Gasteiger partial charge in [-0.05, 0) is 156 Å². The largest absolute Gasteiger partial charge is 0.504 e. The van der Waals surface area contributed by atoms with Crippen molar-refractivity contribution in [2.24, 2.45) is 56.2 Å². The van der Waals surface area contributed by atoms with E-state index in [9.17, 15) is 29.1 Å². The number of Topliss-reactive ketones (excluding diaryl/α,β-unsaturated/α-hetero) is 2. The van der Waals surface area contributed by atoms with Crippen LogP contribution in [0.4, 0.5) is 0 Å². The second-order valence-electron chi connectivity index (χ2n) is 21.6. The number of ether oxygens (including phenoxy) is 2. The van der Waals surface area contributed by atoms with Crippen molar-refractivity contribution < 1.29 is 43.0 Å². The fourth-order valence-electron chi connectivity index (χ4n) is 16.3. The number of carbonyl (C=O) groups excluding carboxylic acids is 5. The molecule has 9 heteroatoms.